The van der Waals surface area contributed by atoms with Crippen molar-refractivity contribution in [1.29, 1.82) is 0 Å². The van der Waals surface area contributed by atoms with Crippen LogP contribution >= 0.6 is 11.8 Å². The molecule has 2 unspecified atom stereocenters. The van der Waals surface area contributed by atoms with Gasteiger partial charge in [0.1, 0.15) is 18.3 Å². The third-order valence-electron chi connectivity index (χ3n) is 7.11. The molecular formula is C31H33F3N6O2S. The molecular weight excluding hydrogens is 577 g/mol. The Morgan fingerprint density at radius 3 is 2.58 bits per heavy atom. The molecule has 0 spiro atoms. The lowest BCUT2D eigenvalue weighted by Crippen LogP contribution is -2.34. The van der Waals surface area contributed by atoms with Gasteiger partial charge in [0.05, 0.1) is 5.69 Å². The number of benzene rings is 3. The SMILES string of the molecule is CCc1ccc(C)cc1N1C(=NC(=O)NCCc2ccc(C3N=CN(c4ccc(OC(F)(F)F)cc4)N3)cc2)SCC1C. The van der Waals surface area contributed by atoms with Crippen LogP contribution in [0.25, 0.3) is 0 Å². The summed E-state index contributed by atoms with van der Waals surface area (Å²) in [6.45, 7) is 6.80. The first kappa shape index (κ1) is 30.4. The molecule has 1 fully saturated rings. The first-order valence-electron chi connectivity index (χ1n) is 14.0. The molecule has 0 saturated carbocycles. The van der Waals surface area contributed by atoms with Crippen LogP contribution in [-0.2, 0) is 12.8 Å². The monoisotopic (exact) mass is 610 g/mol. The van der Waals surface area contributed by atoms with Crippen molar-refractivity contribution in [2.75, 3.05) is 22.2 Å². The number of ether oxygens (including phenoxy) is 1. The highest BCUT2D eigenvalue weighted by molar-refractivity contribution is 8.14. The van der Waals surface area contributed by atoms with Crippen LogP contribution in [0.1, 0.15) is 42.3 Å². The van der Waals surface area contributed by atoms with Gasteiger partial charge < -0.3 is 15.0 Å². The van der Waals surface area contributed by atoms with E-state index in [1.54, 1.807) is 23.1 Å². The Morgan fingerprint density at radius 2 is 1.88 bits per heavy atom. The van der Waals surface area contributed by atoms with Crippen LogP contribution in [0.2, 0.25) is 0 Å². The molecule has 0 radical (unpaired) electrons. The number of hydrogen-bond acceptors (Lipinski definition) is 6. The van der Waals surface area contributed by atoms with Crippen LogP contribution < -0.4 is 25.4 Å². The van der Waals surface area contributed by atoms with Crippen LogP contribution in [0.3, 0.4) is 0 Å². The number of aryl methyl sites for hydroxylation is 2. The number of halogens is 3. The third-order valence-corrected chi connectivity index (χ3v) is 8.30. The number of thioether (sulfide) groups is 1. The van der Waals surface area contributed by atoms with Crippen LogP contribution in [0, 0.1) is 6.92 Å². The Labute approximate surface area is 253 Å². The van der Waals surface area contributed by atoms with Gasteiger partial charge in [-0.1, -0.05) is 55.1 Å². The molecule has 3 aromatic rings. The maximum absolute atomic E-state index is 12.7. The topological polar surface area (TPSA) is 81.6 Å². The zero-order chi connectivity index (χ0) is 30.6. The van der Waals surface area contributed by atoms with Gasteiger partial charge in [0.25, 0.3) is 0 Å². The van der Waals surface area contributed by atoms with Crippen molar-refractivity contribution in [3.63, 3.8) is 0 Å². The highest BCUT2D eigenvalue weighted by atomic mass is 32.2. The van der Waals surface area contributed by atoms with Gasteiger partial charge in [-0.25, -0.2) is 9.79 Å². The van der Waals surface area contributed by atoms with E-state index in [0.717, 1.165) is 34.2 Å². The molecule has 3 aromatic carbocycles. The number of carbonyl (C=O) groups is 1. The lowest BCUT2D eigenvalue weighted by molar-refractivity contribution is -0.274. The van der Waals surface area contributed by atoms with E-state index in [1.807, 2.05) is 24.3 Å². The number of urea groups is 1. The van der Waals surface area contributed by atoms with Gasteiger partial charge in [-0.3, -0.25) is 5.01 Å². The van der Waals surface area contributed by atoms with E-state index >= 15 is 0 Å². The molecule has 0 aliphatic carbocycles. The third kappa shape index (κ3) is 7.68. The van der Waals surface area contributed by atoms with E-state index in [-0.39, 0.29) is 24.0 Å². The molecule has 12 heteroatoms. The van der Waals surface area contributed by atoms with Crippen LogP contribution in [-0.4, -0.2) is 42.2 Å². The smallest absolute Gasteiger partial charge is 0.406 e. The number of alkyl halides is 3. The van der Waals surface area contributed by atoms with E-state index in [0.29, 0.717) is 18.7 Å². The summed E-state index contributed by atoms with van der Waals surface area (Å²) < 4.78 is 41.1. The number of amides is 2. The second kappa shape index (κ2) is 13.1. The zero-order valence-electron chi connectivity index (χ0n) is 24.1. The lowest BCUT2D eigenvalue weighted by atomic mass is 10.1. The quantitative estimate of drug-likeness (QED) is 0.294. The van der Waals surface area contributed by atoms with Crippen LogP contribution in [0.4, 0.5) is 29.3 Å². The molecule has 2 N–H and O–H groups in total. The molecule has 1 saturated heterocycles. The van der Waals surface area contributed by atoms with Gasteiger partial charge in [0.2, 0.25) is 0 Å². The average molecular weight is 611 g/mol. The molecule has 2 aliphatic rings. The van der Waals surface area contributed by atoms with E-state index < -0.39 is 6.36 Å². The van der Waals surface area contributed by atoms with Gasteiger partial charge in [-0.15, -0.1) is 13.2 Å². The minimum absolute atomic E-state index is 0.242. The van der Waals surface area contributed by atoms with Crippen molar-refractivity contribution in [3.8, 4) is 5.75 Å². The molecule has 2 aliphatic heterocycles. The first-order valence-corrected chi connectivity index (χ1v) is 15.0. The molecule has 8 nitrogen and oxygen atoms in total. The van der Waals surface area contributed by atoms with E-state index in [2.05, 4.69) is 69.3 Å². The Morgan fingerprint density at radius 1 is 1.14 bits per heavy atom. The first-order chi connectivity index (χ1) is 20.6. The van der Waals surface area contributed by atoms with Crippen molar-refractivity contribution < 1.29 is 22.7 Å². The summed E-state index contributed by atoms with van der Waals surface area (Å²) in [7, 11) is 0. The van der Waals surface area contributed by atoms with Crippen molar-refractivity contribution in [1.82, 2.24) is 10.7 Å². The summed E-state index contributed by atoms with van der Waals surface area (Å²) in [6.07, 6.45) is -1.95. The van der Waals surface area contributed by atoms with Gasteiger partial charge in [-0.05, 0) is 79.3 Å². The second-order valence-electron chi connectivity index (χ2n) is 10.3. The standard InChI is InChI=1S/C31H33F3N6O2S/c1-4-23-8-5-20(2)17-27(23)40-21(3)18-43-30(40)37-29(41)35-16-15-22-6-9-24(10-7-22)28-36-19-39(38-28)25-11-13-26(14-12-25)42-31(32,33)34/h5-14,17,19,21,28,38H,4,15-16,18H2,1-3H3,(H,35,41). The number of anilines is 2. The molecule has 43 heavy (non-hydrogen) atoms. The minimum Gasteiger partial charge on any atom is -0.406 e. The maximum Gasteiger partial charge on any atom is 0.573 e. The van der Waals surface area contributed by atoms with Gasteiger partial charge in [0.15, 0.2) is 5.17 Å². The van der Waals surface area contributed by atoms with Crippen molar-refractivity contribution >= 4 is 40.7 Å². The highest BCUT2D eigenvalue weighted by Gasteiger charge is 2.32. The van der Waals surface area contributed by atoms with Gasteiger partial charge in [-0.2, -0.15) is 10.4 Å². The summed E-state index contributed by atoms with van der Waals surface area (Å²) in [5, 5.41) is 5.27. The van der Waals surface area contributed by atoms with E-state index in [9.17, 15) is 18.0 Å². The Kier molecular flexibility index (Phi) is 9.26. The summed E-state index contributed by atoms with van der Waals surface area (Å²) in [5.74, 6) is 0.584. The average Bonchev–Trinajstić information content (AvgIpc) is 3.60. The van der Waals surface area contributed by atoms with Crippen molar-refractivity contribution in [3.05, 3.63) is 89.0 Å². The molecule has 226 valence electrons. The molecule has 5 rings (SSSR count). The second-order valence-corrected chi connectivity index (χ2v) is 11.3. The summed E-state index contributed by atoms with van der Waals surface area (Å²) in [5.41, 5.74) is 9.31. The molecule has 2 heterocycles. The van der Waals surface area contributed by atoms with Crippen LogP contribution in [0.15, 0.2) is 76.7 Å². The van der Waals surface area contributed by atoms with E-state index in [1.165, 1.54) is 35.4 Å². The van der Waals surface area contributed by atoms with E-state index in [4.69, 9.17) is 0 Å². The number of nitrogens with zero attached hydrogens (tertiary/aromatic N) is 4. The fourth-order valence-corrected chi connectivity index (χ4v) is 6.00. The summed E-state index contributed by atoms with van der Waals surface area (Å²) in [4.78, 5) is 23.8. The number of hydrogen-bond donors (Lipinski definition) is 2. The van der Waals surface area contributed by atoms with Gasteiger partial charge in [0, 0.05) is 24.0 Å². The Bertz CT molecular complexity index is 1490. The molecule has 2 amide bonds. The fraction of sp³-hybridized carbons (Fsp3) is 0.323. The van der Waals surface area contributed by atoms with Crippen molar-refractivity contribution in [2.24, 2.45) is 9.98 Å². The number of hydrazine groups is 1. The number of nitrogens with one attached hydrogen (secondary N) is 2. The summed E-state index contributed by atoms with van der Waals surface area (Å²) >= 11 is 1.60. The normalized spacial score (nSPS) is 19.3. The number of amidine groups is 1. The maximum atomic E-state index is 12.7. The highest BCUT2D eigenvalue weighted by Crippen LogP contribution is 2.34. The lowest BCUT2D eigenvalue weighted by Gasteiger charge is -2.26. The predicted molar refractivity (Wildman–Crippen MR) is 166 cm³/mol. The number of aliphatic imine (C=N–C) groups is 2. The largest absolute Gasteiger partial charge is 0.573 e. The van der Waals surface area contributed by atoms with Gasteiger partial charge >= 0.3 is 12.4 Å². The Balaban J connectivity index is 1.12. The zero-order valence-corrected chi connectivity index (χ0v) is 24.9. The number of carbonyl (C=O) groups excluding carboxylic acids is 1. The molecule has 0 bridgehead atoms. The molecule has 2 atom stereocenters. The summed E-state index contributed by atoms with van der Waals surface area (Å²) in [6, 6.07) is 19.7. The predicted octanol–water partition coefficient (Wildman–Crippen LogP) is 6.76. The Hall–Kier alpha value is -4.03. The minimum atomic E-state index is -4.73. The van der Waals surface area contributed by atoms with Crippen molar-refractivity contribution in [2.45, 2.75) is 52.2 Å². The molecule has 0 aromatic heterocycles. The fourth-order valence-electron chi connectivity index (χ4n) is 4.90. The van der Waals surface area contributed by atoms with Crippen LogP contribution in [0.5, 0.6) is 5.75 Å². The number of rotatable bonds is 8.